The van der Waals surface area contributed by atoms with E-state index in [0.717, 1.165) is 5.56 Å². The number of benzene rings is 2. The van der Waals surface area contributed by atoms with Crippen molar-refractivity contribution >= 4 is 40.7 Å². The van der Waals surface area contributed by atoms with Crippen LogP contribution in [-0.4, -0.2) is 54.9 Å². The number of piperidine rings is 1. The molecule has 3 amide bonds. The molecule has 2 aliphatic heterocycles. The molecule has 0 radical (unpaired) electrons. The summed E-state index contributed by atoms with van der Waals surface area (Å²) in [6.07, 6.45) is 0.467. The number of carbonyl (C=O) groups excluding carboxylic acids is 3. The third-order valence-electron chi connectivity index (χ3n) is 6.70. The summed E-state index contributed by atoms with van der Waals surface area (Å²) >= 11 is 6.30. The number of nitriles is 1. The molecule has 0 bridgehead atoms. The number of anilines is 2. The lowest BCUT2D eigenvalue weighted by Gasteiger charge is -2.41. The fourth-order valence-corrected chi connectivity index (χ4v) is 5.01. The molecule has 1 unspecified atom stereocenters. The molecule has 37 heavy (non-hydrogen) atoms. The monoisotopic (exact) mass is 527 g/mol. The molecule has 194 valence electrons. The number of nitrogens with one attached hydrogen (secondary N) is 1. The first-order valence-electron chi connectivity index (χ1n) is 11.8. The average Bonchev–Trinajstić information content (AvgIpc) is 2.85. The number of nitrogens with two attached hydrogens (primary N) is 1. The van der Waals surface area contributed by atoms with Gasteiger partial charge in [0.1, 0.15) is 11.6 Å². The fraction of sp³-hybridized carbons (Fsp3) is 0.385. The number of amides is 3. The topological polar surface area (TPSA) is 129 Å². The number of halogens is 2. The Hall–Kier alpha value is -3.84. The number of primary amides is 1. The molecule has 1 fully saturated rings. The Balaban J connectivity index is 1.50. The van der Waals surface area contributed by atoms with Crippen LogP contribution in [-0.2, 0) is 20.8 Å². The first kappa shape index (κ1) is 26.2. The number of ether oxygens (including phenoxy) is 1. The van der Waals surface area contributed by atoms with E-state index in [9.17, 15) is 24.0 Å². The third-order valence-corrected chi connectivity index (χ3v) is 7.02. The highest BCUT2D eigenvalue weighted by Crippen LogP contribution is 2.41. The highest BCUT2D eigenvalue weighted by atomic mass is 35.5. The van der Waals surface area contributed by atoms with Crippen LogP contribution in [0.2, 0.25) is 5.02 Å². The highest BCUT2D eigenvalue weighted by molar-refractivity contribution is 6.34. The van der Waals surface area contributed by atoms with E-state index >= 15 is 0 Å². The highest BCUT2D eigenvalue weighted by Gasteiger charge is 2.40. The number of carbonyl (C=O) groups is 3. The summed E-state index contributed by atoms with van der Waals surface area (Å²) < 4.78 is 19.3. The number of hydrogen-bond acceptors (Lipinski definition) is 6. The van der Waals surface area contributed by atoms with E-state index < -0.39 is 17.4 Å². The van der Waals surface area contributed by atoms with Crippen molar-refractivity contribution in [3.8, 4) is 11.8 Å². The van der Waals surface area contributed by atoms with E-state index in [1.807, 2.05) is 0 Å². The van der Waals surface area contributed by atoms with Gasteiger partial charge in [-0.1, -0.05) is 23.7 Å². The summed E-state index contributed by atoms with van der Waals surface area (Å²) in [6.45, 7) is 1.99. The fourth-order valence-electron chi connectivity index (χ4n) is 4.81. The molecule has 1 atom stereocenters. The van der Waals surface area contributed by atoms with Crippen LogP contribution in [0.25, 0.3) is 0 Å². The Morgan fingerprint density at radius 2 is 1.92 bits per heavy atom. The molecular formula is C26H27ClFN5O4. The van der Waals surface area contributed by atoms with Crippen molar-refractivity contribution in [3.05, 3.63) is 52.8 Å². The molecule has 0 spiro atoms. The Bertz CT molecular complexity index is 1250. The van der Waals surface area contributed by atoms with Crippen LogP contribution < -0.4 is 20.7 Å². The van der Waals surface area contributed by atoms with E-state index in [-0.39, 0.29) is 35.7 Å². The Labute approximate surface area is 218 Å². The molecular weight excluding hydrogens is 501 g/mol. The Kier molecular flexibility index (Phi) is 7.55. The van der Waals surface area contributed by atoms with Gasteiger partial charge in [0, 0.05) is 26.1 Å². The van der Waals surface area contributed by atoms with Crippen LogP contribution in [0, 0.1) is 22.6 Å². The maximum absolute atomic E-state index is 13.5. The molecule has 1 saturated heterocycles. The maximum Gasteiger partial charge on any atom is 0.265 e. The van der Waals surface area contributed by atoms with Crippen molar-refractivity contribution in [2.24, 2.45) is 11.1 Å². The van der Waals surface area contributed by atoms with Crippen molar-refractivity contribution in [1.29, 1.82) is 5.26 Å². The third kappa shape index (κ3) is 5.94. The van der Waals surface area contributed by atoms with Gasteiger partial charge in [-0.15, -0.1) is 0 Å². The molecule has 0 aliphatic carbocycles. The molecule has 0 saturated carbocycles. The number of likely N-dealkylation sites (tertiary alicyclic amines) is 1. The van der Waals surface area contributed by atoms with Crippen LogP contribution in [0.4, 0.5) is 15.8 Å². The quantitative estimate of drug-likeness (QED) is 0.594. The molecule has 2 aromatic carbocycles. The van der Waals surface area contributed by atoms with Gasteiger partial charge in [0.2, 0.25) is 11.8 Å². The van der Waals surface area contributed by atoms with Crippen molar-refractivity contribution in [1.82, 2.24) is 4.90 Å². The van der Waals surface area contributed by atoms with Crippen LogP contribution >= 0.6 is 11.6 Å². The second kappa shape index (κ2) is 10.6. The zero-order chi connectivity index (χ0) is 26.7. The number of hydrogen-bond donors (Lipinski definition) is 2. The lowest BCUT2D eigenvalue weighted by molar-refractivity contribution is -0.140. The molecule has 9 nitrogen and oxygen atoms in total. The summed E-state index contributed by atoms with van der Waals surface area (Å²) in [5, 5.41) is 12.8. The second-order valence-corrected chi connectivity index (χ2v) is 9.86. The van der Waals surface area contributed by atoms with Crippen molar-refractivity contribution in [3.63, 3.8) is 0 Å². The van der Waals surface area contributed by atoms with Crippen LogP contribution in [0.15, 0.2) is 36.4 Å². The summed E-state index contributed by atoms with van der Waals surface area (Å²) in [5.41, 5.74) is 6.45. The summed E-state index contributed by atoms with van der Waals surface area (Å²) in [7, 11) is 0. The van der Waals surface area contributed by atoms with Gasteiger partial charge in [-0.05, 0) is 43.0 Å². The van der Waals surface area contributed by atoms with Gasteiger partial charge in [0.25, 0.3) is 5.91 Å². The second-order valence-electron chi connectivity index (χ2n) is 9.45. The zero-order valence-electron chi connectivity index (χ0n) is 20.3. The van der Waals surface area contributed by atoms with E-state index in [1.165, 1.54) is 25.1 Å². The summed E-state index contributed by atoms with van der Waals surface area (Å²) in [4.78, 5) is 40.0. The van der Waals surface area contributed by atoms with E-state index in [2.05, 4.69) is 11.4 Å². The molecule has 2 aromatic rings. The van der Waals surface area contributed by atoms with Crippen LogP contribution in [0.5, 0.6) is 5.75 Å². The molecule has 0 aromatic heterocycles. The van der Waals surface area contributed by atoms with Crippen molar-refractivity contribution in [2.45, 2.75) is 32.3 Å². The van der Waals surface area contributed by atoms with Gasteiger partial charge in [-0.3, -0.25) is 14.4 Å². The smallest absolute Gasteiger partial charge is 0.265 e. The van der Waals surface area contributed by atoms with Gasteiger partial charge in [-0.25, -0.2) is 4.39 Å². The normalized spacial score (nSPS) is 18.3. The number of rotatable bonds is 6. The molecule has 3 N–H and O–H groups in total. The Morgan fingerprint density at radius 3 is 2.51 bits per heavy atom. The first-order valence-corrected chi connectivity index (χ1v) is 12.2. The molecule has 2 aliphatic rings. The molecule has 11 heteroatoms. The lowest BCUT2D eigenvalue weighted by atomic mass is 9.75. The van der Waals surface area contributed by atoms with Gasteiger partial charge in [-0.2, -0.15) is 5.26 Å². The zero-order valence-corrected chi connectivity index (χ0v) is 21.1. The first-order chi connectivity index (χ1) is 17.6. The van der Waals surface area contributed by atoms with E-state index in [0.29, 0.717) is 49.5 Å². The SMILES string of the molecule is CC(=O)Nc1cc2c(cc1Cl)N(CC(N)=O)CC(C(=O)N1CCC(C#N)(Cc3ccc(F)cc3)CC1)O2. The minimum absolute atomic E-state index is 0.0834. The minimum atomic E-state index is -0.926. The Morgan fingerprint density at radius 1 is 1.24 bits per heavy atom. The minimum Gasteiger partial charge on any atom is -0.476 e. The number of nitrogens with zero attached hydrogens (tertiary/aromatic N) is 3. The maximum atomic E-state index is 13.5. The summed E-state index contributed by atoms with van der Waals surface area (Å²) in [5.74, 6) is -1.22. The summed E-state index contributed by atoms with van der Waals surface area (Å²) in [6, 6.07) is 11.6. The molecule has 4 rings (SSSR count). The van der Waals surface area contributed by atoms with E-state index in [4.69, 9.17) is 22.1 Å². The largest absolute Gasteiger partial charge is 0.476 e. The van der Waals surface area contributed by atoms with Crippen LogP contribution in [0.1, 0.15) is 25.3 Å². The van der Waals surface area contributed by atoms with E-state index in [1.54, 1.807) is 28.0 Å². The van der Waals surface area contributed by atoms with Gasteiger partial charge in [0.05, 0.1) is 41.0 Å². The van der Waals surface area contributed by atoms with Crippen molar-refractivity contribution in [2.75, 3.05) is 36.4 Å². The average molecular weight is 528 g/mol. The van der Waals surface area contributed by atoms with Crippen LogP contribution in [0.3, 0.4) is 0 Å². The predicted molar refractivity (Wildman–Crippen MR) is 136 cm³/mol. The van der Waals surface area contributed by atoms with Gasteiger partial charge in [0.15, 0.2) is 6.10 Å². The number of fused-ring (bicyclic) bond motifs is 1. The van der Waals surface area contributed by atoms with Crippen molar-refractivity contribution < 1.29 is 23.5 Å². The van der Waals surface area contributed by atoms with Gasteiger partial charge >= 0.3 is 0 Å². The lowest BCUT2D eigenvalue weighted by Crippen LogP contribution is -2.54. The standard InChI is InChI=1S/C26H27ClFN5O4/c1-16(34)31-20-11-22-21(10-19(20)27)33(14-24(30)35)13-23(37-22)25(36)32-8-6-26(15-29,7-9-32)12-17-2-4-18(28)5-3-17/h2-5,10-11,23H,6-9,12-14H2,1H3,(H2,30,35)(H,31,34). The predicted octanol–water partition coefficient (Wildman–Crippen LogP) is 2.87. The molecule has 2 heterocycles. The van der Waals surface area contributed by atoms with Gasteiger partial charge < -0.3 is 25.6 Å².